The molecular weight excluding hydrogens is 202 g/mol. The van der Waals surface area contributed by atoms with Crippen LogP contribution in [0.4, 0.5) is 0 Å². The normalized spacial score (nSPS) is 12.4. The van der Waals surface area contributed by atoms with Crippen molar-refractivity contribution >= 4 is 11.9 Å². The number of aryl methyl sites for hydroxylation is 1. The average Bonchev–Trinajstić information content (AvgIpc) is 2.27. The Kier molecular flexibility index (Phi) is 5.51. The van der Waals surface area contributed by atoms with Crippen molar-refractivity contribution in [3.05, 3.63) is 48.0 Å². The first-order chi connectivity index (χ1) is 7.26. The maximum absolute atomic E-state index is 5.67. The highest BCUT2D eigenvalue weighted by Crippen LogP contribution is 2.17. The van der Waals surface area contributed by atoms with Crippen molar-refractivity contribution in [3.8, 4) is 0 Å². The number of allylic oxidation sites excluding steroid dienone is 1. The summed E-state index contributed by atoms with van der Waals surface area (Å²) in [5.41, 5.74) is 2.68. The minimum Gasteiger partial charge on any atom is -0.278 e. The van der Waals surface area contributed by atoms with Gasteiger partial charge in [-0.3, -0.25) is 5.14 Å². The van der Waals surface area contributed by atoms with Gasteiger partial charge < -0.3 is 0 Å². The summed E-state index contributed by atoms with van der Waals surface area (Å²) in [6, 6.07) is 8.68. The molecule has 2 N–H and O–H groups in total. The molecule has 1 unspecified atom stereocenters. The monoisotopic (exact) mass is 221 g/mol. The topological polar surface area (TPSA) is 26.0 Å². The summed E-state index contributed by atoms with van der Waals surface area (Å²) in [4.78, 5) is 0. The Morgan fingerprint density at radius 1 is 1.40 bits per heavy atom. The summed E-state index contributed by atoms with van der Waals surface area (Å²) in [6.07, 6.45) is 5.16. The number of nitrogens with two attached hydrogens (primary N) is 1. The first kappa shape index (κ1) is 12.3. The zero-order chi connectivity index (χ0) is 11.1. The zero-order valence-corrected chi connectivity index (χ0v) is 10.1. The largest absolute Gasteiger partial charge is 0.278 e. The van der Waals surface area contributed by atoms with Crippen molar-refractivity contribution < 1.29 is 0 Å². The average molecular weight is 221 g/mol. The first-order valence-electron chi connectivity index (χ1n) is 5.28. The highest BCUT2D eigenvalue weighted by Gasteiger charge is 2.07. The summed E-state index contributed by atoms with van der Waals surface area (Å²) in [5.74, 6) is 0. The molecule has 0 spiro atoms. The zero-order valence-electron chi connectivity index (χ0n) is 9.28. The van der Waals surface area contributed by atoms with Gasteiger partial charge in [-0.15, -0.1) is 6.58 Å². The minimum absolute atomic E-state index is 0.505. The van der Waals surface area contributed by atoms with E-state index in [0.29, 0.717) is 5.25 Å². The standard InChI is InChI=1S/C13H19NS/c1-3-4-5-13(15-14)10-12-8-6-11(2)7-9-12/h3,6-9,13H,1,4-5,10,14H2,2H3. The van der Waals surface area contributed by atoms with E-state index in [2.05, 4.69) is 37.8 Å². The Balaban J connectivity index is 2.50. The van der Waals surface area contributed by atoms with Crippen molar-refractivity contribution in [2.75, 3.05) is 0 Å². The molecule has 1 aromatic carbocycles. The van der Waals surface area contributed by atoms with Crippen LogP contribution in [0.3, 0.4) is 0 Å². The van der Waals surface area contributed by atoms with E-state index >= 15 is 0 Å². The van der Waals surface area contributed by atoms with Crippen molar-refractivity contribution in [2.45, 2.75) is 31.4 Å². The molecule has 0 aliphatic carbocycles. The molecule has 1 aromatic rings. The number of hydrogen-bond acceptors (Lipinski definition) is 2. The maximum Gasteiger partial charge on any atom is 0.0234 e. The lowest BCUT2D eigenvalue weighted by molar-refractivity contribution is 0.767. The predicted octanol–water partition coefficient (Wildman–Crippen LogP) is 3.48. The first-order valence-corrected chi connectivity index (χ1v) is 6.22. The van der Waals surface area contributed by atoms with Crippen LogP contribution in [-0.2, 0) is 6.42 Å². The third kappa shape index (κ3) is 4.54. The molecule has 2 heteroatoms. The molecule has 0 aliphatic heterocycles. The fourth-order valence-electron chi connectivity index (χ4n) is 1.51. The van der Waals surface area contributed by atoms with Crippen LogP contribution in [-0.4, -0.2) is 5.25 Å². The van der Waals surface area contributed by atoms with Gasteiger partial charge in [-0.2, -0.15) is 0 Å². The Morgan fingerprint density at radius 3 is 2.60 bits per heavy atom. The Labute approximate surface area is 96.9 Å². The second-order valence-corrected chi connectivity index (χ2v) is 4.75. The molecule has 1 nitrogen and oxygen atoms in total. The van der Waals surface area contributed by atoms with Gasteiger partial charge in [0, 0.05) is 5.25 Å². The summed E-state index contributed by atoms with van der Waals surface area (Å²) >= 11 is 1.46. The number of rotatable bonds is 6. The SMILES string of the molecule is C=CCCC(Cc1ccc(C)cc1)SN. The van der Waals surface area contributed by atoms with Gasteiger partial charge in [-0.25, -0.2) is 0 Å². The Hall–Kier alpha value is -0.730. The minimum atomic E-state index is 0.505. The lowest BCUT2D eigenvalue weighted by Crippen LogP contribution is -2.09. The molecule has 0 saturated heterocycles. The van der Waals surface area contributed by atoms with E-state index in [1.165, 1.54) is 23.1 Å². The van der Waals surface area contributed by atoms with Gasteiger partial charge in [0.25, 0.3) is 0 Å². The van der Waals surface area contributed by atoms with Gasteiger partial charge in [-0.1, -0.05) is 47.9 Å². The van der Waals surface area contributed by atoms with E-state index in [-0.39, 0.29) is 0 Å². The second kappa shape index (κ2) is 6.70. The van der Waals surface area contributed by atoms with Crippen molar-refractivity contribution in [1.29, 1.82) is 0 Å². The van der Waals surface area contributed by atoms with Crippen LogP contribution in [0.1, 0.15) is 24.0 Å². The predicted molar refractivity (Wildman–Crippen MR) is 69.9 cm³/mol. The van der Waals surface area contributed by atoms with Gasteiger partial charge in [0.15, 0.2) is 0 Å². The maximum atomic E-state index is 5.67. The summed E-state index contributed by atoms with van der Waals surface area (Å²) in [6.45, 7) is 5.84. The van der Waals surface area contributed by atoms with Crippen LogP contribution in [0.2, 0.25) is 0 Å². The van der Waals surface area contributed by atoms with Crippen LogP contribution in [0.25, 0.3) is 0 Å². The van der Waals surface area contributed by atoms with Crippen LogP contribution < -0.4 is 5.14 Å². The molecule has 82 valence electrons. The quantitative estimate of drug-likeness (QED) is 0.588. The van der Waals surface area contributed by atoms with Crippen LogP contribution in [0, 0.1) is 6.92 Å². The molecule has 0 heterocycles. The van der Waals surface area contributed by atoms with Gasteiger partial charge in [0.1, 0.15) is 0 Å². The molecule has 0 aromatic heterocycles. The van der Waals surface area contributed by atoms with E-state index < -0.39 is 0 Å². The van der Waals surface area contributed by atoms with Crippen molar-refractivity contribution in [1.82, 2.24) is 0 Å². The fraction of sp³-hybridized carbons (Fsp3) is 0.385. The lowest BCUT2D eigenvalue weighted by atomic mass is 10.1. The Bertz CT molecular complexity index is 292. The molecule has 1 atom stereocenters. The van der Waals surface area contributed by atoms with Crippen LogP contribution in [0.15, 0.2) is 36.9 Å². The molecule has 0 bridgehead atoms. The van der Waals surface area contributed by atoms with Gasteiger partial charge in [0.2, 0.25) is 0 Å². The van der Waals surface area contributed by atoms with E-state index in [1.54, 1.807) is 0 Å². The highest BCUT2D eigenvalue weighted by molar-refractivity contribution is 7.97. The summed E-state index contributed by atoms with van der Waals surface area (Å²) in [7, 11) is 0. The molecule has 0 fully saturated rings. The third-order valence-electron chi connectivity index (χ3n) is 2.47. The fourth-order valence-corrected chi connectivity index (χ4v) is 2.07. The molecule has 0 saturated carbocycles. The highest BCUT2D eigenvalue weighted by atomic mass is 32.2. The lowest BCUT2D eigenvalue weighted by Gasteiger charge is -2.12. The van der Waals surface area contributed by atoms with Crippen LogP contribution >= 0.6 is 11.9 Å². The number of benzene rings is 1. The van der Waals surface area contributed by atoms with Crippen molar-refractivity contribution in [2.24, 2.45) is 5.14 Å². The molecular formula is C13H19NS. The molecule has 1 rings (SSSR count). The summed E-state index contributed by atoms with van der Waals surface area (Å²) in [5, 5.41) is 6.18. The molecule has 0 amide bonds. The molecule has 15 heavy (non-hydrogen) atoms. The Morgan fingerprint density at radius 2 is 2.07 bits per heavy atom. The third-order valence-corrected chi connectivity index (χ3v) is 3.26. The summed E-state index contributed by atoms with van der Waals surface area (Å²) < 4.78 is 0. The molecule has 0 radical (unpaired) electrons. The smallest absolute Gasteiger partial charge is 0.0234 e. The van der Waals surface area contributed by atoms with E-state index in [4.69, 9.17) is 5.14 Å². The van der Waals surface area contributed by atoms with E-state index in [0.717, 1.165) is 19.3 Å². The second-order valence-electron chi connectivity index (χ2n) is 3.81. The van der Waals surface area contributed by atoms with Gasteiger partial charge >= 0.3 is 0 Å². The van der Waals surface area contributed by atoms with E-state index in [1.807, 2.05) is 6.08 Å². The number of hydrogen-bond donors (Lipinski definition) is 1. The van der Waals surface area contributed by atoms with Gasteiger partial charge in [-0.05, 0) is 31.7 Å². The van der Waals surface area contributed by atoms with E-state index in [9.17, 15) is 0 Å². The van der Waals surface area contributed by atoms with Crippen LogP contribution in [0.5, 0.6) is 0 Å². The van der Waals surface area contributed by atoms with Crippen molar-refractivity contribution in [3.63, 3.8) is 0 Å². The molecule has 0 aliphatic rings. The van der Waals surface area contributed by atoms with Gasteiger partial charge in [0.05, 0.1) is 0 Å².